The van der Waals surface area contributed by atoms with Crippen LogP contribution in [0.25, 0.3) is 0 Å². The fourth-order valence-corrected chi connectivity index (χ4v) is 3.17. The number of hydrogen-bond donors (Lipinski definition) is 1. The van der Waals surface area contributed by atoms with Gasteiger partial charge in [-0.3, -0.25) is 4.79 Å². The summed E-state index contributed by atoms with van der Waals surface area (Å²) in [5.74, 6) is 1.17. The highest BCUT2D eigenvalue weighted by molar-refractivity contribution is 5.85. The number of para-hydroxylation sites is 2. The highest BCUT2D eigenvalue weighted by Gasteiger charge is 2.29. The molecule has 3 rings (SSSR count). The molecule has 1 N–H and O–H groups in total. The van der Waals surface area contributed by atoms with Gasteiger partial charge in [0.15, 0.2) is 0 Å². The monoisotopic (exact) mass is 325 g/mol. The molecule has 1 aromatic rings. The van der Waals surface area contributed by atoms with Gasteiger partial charge in [-0.15, -0.1) is 12.4 Å². The van der Waals surface area contributed by atoms with E-state index in [2.05, 4.69) is 16.3 Å². The Morgan fingerprint density at radius 2 is 1.95 bits per heavy atom. The summed E-state index contributed by atoms with van der Waals surface area (Å²) in [6.45, 7) is 4.26. The van der Waals surface area contributed by atoms with E-state index in [1.54, 1.807) is 7.11 Å². The van der Waals surface area contributed by atoms with Gasteiger partial charge in [0, 0.05) is 26.2 Å². The zero-order chi connectivity index (χ0) is 14.7. The van der Waals surface area contributed by atoms with Crippen LogP contribution >= 0.6 is 12.4 Å². The van der Waals surface area contributed by atoms with Gasteiger partial charge in [0.05, 0.1) is 18.8 Å². The Kier molecular flexibility index (Phi) is 5.91. The average Bonchev–Trinajstić information content (AvgIpc) is 3.09. The summed E-state index contributed by atoms with van der Waals surface area (Å²) in [7, 11) is 1.70. The largest absolute Gasteiger partial charge is 0.495 e. The third-order valence-electron chi connectivity index (χ3n) is 4.38. The first-order valence-electron chi connectivity index (χ1n) is 7.70. The second kappa shape index (κ2) is 7.70. The second-order valence-corrected chi connectivity index (χ2v) is 5.63. The lowest BCUT2D eigenvalue weighted by molar-refractivity contribution is -0.133. The van der Waals surface area contributed by atoms with E-state index in [4.69, 9.17) is 4.74 Å². The lowest BCUT2D eigenvalue weighted by Gasteiger charge is -2.37. The van der Waals surface area contributed by atoms with Gasteiger partial charge >= 0.3 is 0 Å². The van der Waals surface area contributed by atoms with Gasteiger partial charge < -0.3 is 19.9 Å². The number of nitrogens with zero attached hydrogens (tertiary/aromatic N) is 2. The van der Waals surface area contributed by atoms with Crippen molar-refractivity contribution in [3.05, 3.63) is 24.3 Å². The molecule has 0 saturated carbocycles. The second-order valence-electron chi connectivity index (χ2n) is 5.63. The minimum absolute atomic E-state index is 0. The smallest absolute Gasteiger partial charge is 0.239 e. The number of carbonyl (C=O) groups is 1. The molecule has 1 atom stereocenters. The fourth-order valence-electron chi connectivity index (χ4n) is 3.17. The van der Waals surface area contributed by atoms with Crippen molar-refractivity contribution in [2.24, 2.45) is 0 Å². The molecule has 2 fully saturated rings. The molecule has 2 aliphatic rings. The van der Waals surface area contributed by atoms with E-state index in [0.717, 1.165) is 57.0 Å². The van der Waals surface area contributed by atoms with E-state index < -0.39 is 0 Å². The predicted molar refractivity (Wildman–Crippen MR) is 90.1 cm³/mol. The van der Waals surface area contributed by atoms with Crippen LogP contribution in [0.1, 0.15) is 12.8 Å². The number of halogens is 1. The number of hydrogen-bond acceptors (Lipinski definition) is 4. The number of rotatable bonds is 3. The molecule has 0 aliphatic carbocycles. The number of carbonyl (C=O) groups excluding carboxylic acids is 1. The Morgan fingerprint density at radius 3 is 2.59 bits per heavy atom. The van der Waals surface area contributed by atoms with Crippen LogP contribution in [-0.4, -0.2) is 56.7 Å². The maximum absolute atomic E-state index is 12.4. The molecule has 22 heavy (non-hydrogen) atoms. The molecule has 2 heterocycles. The van der Waals surface area contributed by atoms with Crippen molar-refractivity contribution >= 4 is 24.0 Å². The minimum atomic E-state index is 0. The van der Waals surface area contributed by atoms with Crippen LogP contribution in [0.3, 0.4) is 0 Å². The predicted octanol–water partition coefficient (Wildman–Crippen LogP) is 1.52. The quantitative estimate of drug-likeness (QED) is 0.915. The molecule has 1 unspecified atom stereocenters. The van der Waals surface area contributed by atoms with Crippen molar-refractivity contribution in [1.82, 2.24) is 10.2 Å². The molecule has 2 saturated heterocycles. The van der Waals surface area contributed by atoms with Gasteiger partial charge in [-0.2, -0.15) is 0 Å². The van der Waals surface area contributed by atoms with Crippen LogP contribution in [0, 0.1) is 0 Å². The Labute approximate surface area is 138 Å². The summed E-state index contributed by atoms with van der Waals surface area (Å²) in [5, 5.41) is 3.29. The molecular formula is C16H24ClN3O2. The van der Waals surface area contributed by atoms with Gasteiger partial charge in [0.2, 0.25) is 5.91 Å². The molecule has 122 valence electrons. The Bertz CT molecular complexity index is 498. The normalized spacial score (nSPS) is 21.4. The number of nitrogens with one attached hydrogen (secondary N) is 1. The highest BCUT2D eigenvalue weighted by atomic mass is 35.5. The van der Waals surface area contributed by atoms with E-state index in [0.29, 0.717) is 0 Å². The van der Waals surface area contributed by atoms with Crippen LogP contribution in [0.15, 0.2) is 24.3 Å². The molecule has 0 spiro atoms. The Morgan fingerprint density at radius 1 is 1.23 bits per heavy atom. The van der Waals surface area contributed by atoms with Crippen molar-refractivity contribution in [3.63, 3.8) is 0 Å². The van der Waals surface area contributed by atoms with Crippen molar-refractivity contribution in [1.29, 1.82) is 0 Å². The first-order chi connectivity index (χ1) is 10.3. The number of methoxy groups -OCH3 is 1. The molecule has 0 radical (unpaired) electrons. The molecule has 1 amide bonds. The third kappa shape index (κ3) is 3.47. The lowest BCUT2D eigenvalue weighted by atomic mass is 10.1. The van der Waals surface area contributed by atoms with Crippen molar-refractivity contribution in [2.75, 3.05) is 44.7 Å². The summed E-state index contributed by atoms with van der Waals surface area (Å²) in [5.41, 5.74) is 1.12. The van der Waals surface area contributed by atoms with Crippen molar-refractivity contribution in [2.45, 2.75) is 18.9 Å². The van der Waals surface area contributed by atoms with Gasteiger partial charge in [0.25, 0.3) is 0 Å². The highest BCUT2D eigenvalue weighted by Crippen LogP contribution is 2.28. The maximum Gasteiger partial charge on any atom is 0.239 e. The average molecular weight is 326 g/mol. The molecule has 6 heteroatoms. The Balaban J connectivity index is 0.00000176. The molecule has 0 aromatic heterocycles. The van der Waals surface area contributed by atoms with E-state index in [1.165, 1.54) is 0 Å². The topological polar surface area (TPSA) is 44.8 Å². The molecule has 5 nitrogen and oxygen atoms in total. The summed E-state index contributed by atoms with van der Waals surface area (Å²) in [4.78, 5) is 16.7. The van der Waals surface area contributed by atoms with Crippen LogP contribution in [0.4, 0.5) is 5.69 Å². The van der Waals surface area contributed by atoms with Gasteiger partial charge in [-0.25, -0.2) is 0 Å². The summed E-state index contributed by atoms with van der Waals surface area (Å²) in [6.07, 6.45) is 2.09. The van der Waals surface area contributed by atoms with Crippen LogP contribution in [-0.2, 0) is 4.79 Å². The van der Waals surface area contributed by atoms with Crippen molar-refractivity contribution in [3.8, 4) is 5.75 Å². The van der Waals surface area contributed by atoms with E-state index in [9.17, 15) is 4.79 Å². The zero-order valence-corrected chi connectivity index (χ0v) is 13.8. The molecule has 1 aromatic carbocycles. The summed E-state index contributed by atoms with van der Waals surface area (Å²) >= 11 is 0. The van der Waals surface area contributed by atoms with E-state index in [-0.39, 0.29) is 24.4 Å². The SMILES string of the molecule is COc1ccccc1N1CCN(C(=O)C2CCCN2)CC1.Cl. The number of anilines is 1. The van der Waals surface area contributed by atoms with Crippen LogP contribution in [0.5, 0.6) is 5.75 Å². The number of benzene rings is 1. The zero-order valence-electron chi connectivity index (χ0n) is 13.0. The molecule has 2 aliphatic heterocycles. The lowest BCUT2D eigenvalue weighted by Crippen LogP contribution is -2.53. The van der Waals surface area contributed by atoms with Gasteiger partial charge in [0.1, 0.15) is 5.75 Å². The standard InChI is InChI=1S/C16H23N3O2.ClH/c1-21-15-7-3-2-6-14(15)18-9-11-19(12-10-18)16(20)13-5-4-8-17-13;/h2-3,6-7,13,17H,4-5,8-12H2,1H3;1H. The van der Waals surface area contributed by atoms with Gasteiger partial charge in [-0.1, -0.05) is 12.1 Å². The third-order valence-corrected chi connectivity index (χ3v) is 4.38. The van der Waals surface area contributed by atoms with Crippen molar-refractivity contribution < 1.29 is 9.53 Å². The van der Waals surface area contributed by atoms with Crippen LogP contribution in [0.2, 0.25) is 0 Å². The first kappa shape index (κ1) is 16.9. The molecular weight excluding hydrogens is 302 g/mol. The number of amides is 1. The maximum atomic E-state index is 12.4. The Hall–Kier alpha value is -1.46. The number of piperazine rings is 1. The van der Waals surface area contributed by atoms with E-state index in [1.807, 2.05) is 23.1 Å². The fraction of sp³-hybridized carbons (Fsp3) is 0.562. The van der Waals surface area contributed by atoms with Gasteiger partial charge in [-0.05, 0) is 31.5 Å². The molecule has 0 bridgehead atoms. The summed E-state index contributed by atoms with van der Waals surface area (Å²) in [6, 6.07) is 8.11. The first-order valence-corrected chi connectivity index (χ1v) is 7.70. The van der Waals surface area contributed by atoms with Crippen LogP contribution < -0.4 is 15.0 Å². The minimum Gasteiger partial charge on any atom is -0.495 e. The van der Waals surface area contributed by atoms with E-state index >= 15 is 0 Å². The number of ether oxygens (including phenoxy) is 1. The summed E-state index contributed by atoms with van der Waals surface area (Å²) < 4.78 is 5.42.